The molecular formula is C20H11BrN4O3. The smallest absolute Gasteiger partial charge is 0.335 e. The second-order valence-electron chi connectivity index (χ2n) is 5.87. The minimum absolute atomic E-state index is 0.171. The fourth-order valence-corrected chi connectivity index (χ4v) is 3.02. The van der Waals surface area contributed by atoms with E-state index in [1.54, 1.807) is 36.5 Å². The summed E-state index contributed by atoms with van der Waals surface area (Å²) in [6.45, 7) is 0. The van der Waals surface area contributed by atoms with E-state index < -0.39 is 5.97 Å². The van der Waals surface area contributed by atoms with Crippen LogP contribution in [0.25, 0.3) is 34.1 Å². The second-order valence-corrected chi connectivity index (χ2v) is 6.78. The first-order valence-corrected chi connectivity index (χ1v) is 8.90. The number of aromatic carboxylic acids is 1. The van der Waals surface area contributed by atoms with E-state index in [4.69, 9.17) is 9.52 Å². The average Bonchev–Trinajstić information content (AvgIpc) is 3.32. The van der Waals surface area contributed by atoms with Crippen LogP contribution in [0.2, 0.25) is 0 Å². The van der Waals surface area contributed by atoms with Gasteiger partial charge in [-0.3, -0.25) is 0 Å². The summed E-state index contributed by atoms with van der Waals surface area (Å²) in [5.74, 6) is 0.322. The maximum atomic E-state index is 11.1. The number of hydrogen-bond acceptors (Lipinski definition) is 5. The molecule has 2 N–H and O–H groups in total. The highest BCUT2D eigenvalue weighted by molar-refractivity contribution is 9.10. The number of carboxylic acids is 1. The van der Waals surface area contributed by atoms with E-state index >= 15 is 0 Å². The van der Waals surface area contributed by atoms with E-state index in [-0.39, 0.29) is 11.1 Å². The lowest BCUT2D eigenvalue weighted by Gasteiger charge is -1.99. The first-order chi connectivity index (χ1) is 13.5. The maximum Gasteiger partial charge on any atom is 0.335 e. The van der Waals surface area contributed by atoms with Gasteiger partial charge >= 0.3 is 5.97 Å². The van der Waals surface area contributed by atoms with Gasteiger partial charge in [0.25, 0.3) is 0 Å². The zero-order chi connectivity index (χ0) is 19.7. The molecule has 0 amide bonds. The van der Waals surface area contributed by atoms with E-state index in [9.17, 15) is 10.1 Å². The van der Waals surface area contributed by atoms with Crippen LogP contribution in [0.4, 0.5) is 0 Å². The summed E-state index contributed by atoms with van der Waals surface area (Å²) >= 11 is 3.35. The number of aromatic amines is 1. The summed E-state index contributed by atoms with van der Waals surface area (Å²) in [6.07, 6.45) is 3.20. The molecule has 0 unspecified atom stereocenters. The molecule has 8 heteroatoms. The van der Waals surface area contributed by atoms with Crippen LogP contribution in [-0.2, 0) is 0 Å². The number of allylic oxidation sites excluding steroid dienone is 1. The number of nitriles is 1. The van der Waals surface area contributed by atoms with E-state index in [0.29, 0.717) is 34.1 Å². The lowest BCUT2D eigenvalue weighted by Crippen LogP contribution is -1.95. The van der Waals surface area contributed by atoms with E-state index in [2.05, 4.69) is 37.0 Å². The molecular weight excluding hydrogens is 424 g/mol. The number of rotatable bonds is 4. The van der Waals surface area contributed by atoms with Crippen molar-refractivity contribution in [2.24, 2.45) is 0 Å². The standard InChI is InChI=1S/C20H11BrN4O3/c21-14-8-16-19(23-10-14)25-18(24-16)13(9-22)7-15-4-5-17(28-15)11-2-1-3-12(6-11)20(26)27/h1-8,10H,(H,26,27)(H,23,24,25)/b13-7+. The molecule has 136 valence electrons. The molecule has 0 radical (unpaired) electrons. The quantitative estimate of drug-likeness (QED) is 0.448. The number of nitrogens with zero attached hydrogens (tertiary/aromatic N) is 3. The molecule has 0 saturated heterocycles. The topological polar surface area (TPSA) is 116 Å². The predicted molar refractivity (Wildman–Crippen MR) is 106 cm³/mol. The Morgan fingerprint density at radius 3 is 2.93 bits per heavy atom. The van der Waals surface area contributed by atoms with Gasteiger partial charge < -0.3 is 14.5 Å². The number of carbonyl (C=O) groups is 1. The van der Waals surface area contributed by atoms with Gasteiger partial charge in [-0.05, 0) is 46.3 Å². The van der Waals surface area contributed by atoms with Crippen molar-refractivity contribution in [3.05, 3.63) is 70.3 Å². The summed E-state index contributed by atoms with van der Waals surface area (Å²) < 4.78 is 6.57. The SMILES string of the molecule is N#C/C(=C\c1ccc(-c2cccc(C(=O)O)c2)o1)c1nc2ncc(Br)cc2[nH]1. The van der Waals surface area contributed by atoms with E-state index in [1.165, 1.54) is 12.1 Å². The lowest BCUT2D eigenvalue weighted by atomic mass is 10.1. The molecule has 0 bridgehead atoms. The van der Waals surface area contributed by atoms with Crippen LogP contribution in [-0.4, -0.2) is 26.0 Å². The normalized spacial score (nSPS) is 11.5. The Morgan fingerprint density at radius 1 is 1.29 bits per heavy atom. The molecule has 4 aromatic rings. The molecule has 28 heavy (non-hydrogen) atoms. The van der Waals surface area contributed by atoms with Crippen molar-refractivity contribution in [1.29, 1.82) is 5.26 Å². The second kappa shape index (κ2) is 7.13. The number of pyridine rings is 1. The lowest BCUT2D eigenvalue weighted by molar-refractivity contribution is 0.0697. The summed E-state index contributed by atoms with van der Waals surface area (Å²) in [4.78, 5) is 22.7. The number of fused-ring (bicyclic) bond motifs is 1. The molecule has 0 atom stereocenters. The van der Waals surface area contributed by atoms with Crippen molar-refractivity contribution >= 4 is 44.7 Å². The molecule has 0 fully saturated rings. The van der Waals surface area contributed by atoms with E-state index in [0.717, 1.165) is 4.47 Å². The Morgan fingerprint density at radius 2 is 2.14 bits per heavy atom. The summed E-state index contributed by atoms with van der Waals surface area (Å²) in [5, 5.41) is 18.6. The Hall–Kier alpha value is -3.70. The zero-order valence-electron chi connectivity index (χ0n) is 14.2. The average molecular weight is 435 g/mol. The Bertz CT molecular complexity index is 1280. The van der Waals surface area contributed by atoms with Gasteiger partial charge in [-0.2, -0.15) is 5.26 Å². The monoisotopic (exact) mass is 434 g/mol. The van der Waals surface area contributed by atoms with E-state index in [1.807, 2.05) is 6.07 Å². The van der Waals surface area contributed by atoms with Crippen molar-refractivity contribution in [2.45, 2.75) is 0 Å². The van der Waals surface area contributed by atoms with Gasteiger partial charge in [-0.25, -0.2) is 14.8 Å². The summed E-state index contributed by atoms with van der Waals surface area (Å²) in [7, 11) is 0. The van der Waals surface area contributed by atoms with Crippen molar-refractivity contribution in [3.63, 3.8) is 0 Å². The molecule has 0 aliphatic heterocycles. The molecule has 3 heterocycles. The third-order valence-electron chi connectivity index (χ3n) is 3.99. The van der Waals surface area contributed by atoms with Crippen LogP contribution in [0.15, 0.2) is 57.6 Å². The van der Waals surface area contributed by atoms with Crippen LogP contribution in [0.5, 0.6) is 0 Å². The number of halogens is 1. The van der Waals surface area contributed by atoms with Crippen LogP contribution < -0.4 is 0 Å². The maximum absolute atomic E-state index is 11.1. The zero-order valence-corrected chi connectivity index (χ0v) is 15.8. The Balaban J connectivity index is 1.68. The molecule has 4 rings (SSSR count). The van der Waals surface area contributed by atoms with Gasteiger partial charge in [0, 0.05) is 22.3 Å². The number of hydrogen-bond donors (Lipinski definition) is 2. The highest BCUT2D eigenvalue weighted by Crippen LogP contribution is 2.26. The third kappa shape index (κ3) is 3.43. The van der Waals surface area contributed by atoms with Gasteiger partial charge in [0.2, 0.25) is 0 Å². The molecule has 0 spiro atoms. The van der Waals surface area contributed by atoms with Crippen molar-refractivity contribution in [3.8, 4) is 17.4 Å². The molecule has 0 aliphatic carbocycles. The number of carboxylic acid groups (broad SMARTS) is 1. The predicted octanol–water partition coefficient (Wildman–Crippen LogP) is 4.74. The van der Waals surface area contributed by atoms with Gasteiger partial charge in [0.15, 0.2) is 11.5 Å². The van der Waals surface area contributed by atoms with Crippen LogP contribution in [0.1, 0.15) is 21.9 Å². The van der Waals surface area contributed by atoms with Gasteiger partial charge in [0.1, 0.15) is 17.6 Å². The van der Waals surface area contributed by atoms with Crippen LogP contribution in [0.3, 0.4) is 0 Å². The summed E-state index contributed by atoms with van der Waals surface area (Å²) in [5.41, 5.74) is 2.30. The Kier molecular flexibility index (Phi) is 4.51. The molecule has 3 aromatic heterocycles. The van der Waals surface area contributed by atoms with Gasteiger partial charge in [-0.15, -0.1) is 0 Å². The number of nitrogens with one attached hydrogen (secondary N) is 1. The number of benzene rings is 1. The number of aromatic nitrogens is 3. The van der Waals surface area contributed by atoms with Gasteiger partial charge in [-0.1, -0.05) is 12.1 Å². The molecule has 7 nitrogen and oxygen atoms in total. The van der Waals surface area contributed by atoms with Crippen molar-refractivity contribution < 1.29 is 14.3 Å². The van der Waals surface area contributed by atoms with Crippen molar-refractivity contribution in [1.82, 2.24) is 15.0 Å². The highest BCUT2D eigenvalue weighted by atomic mass is 79.9. The number of imidazole rings is 1. The van der Waals surface area contributed by atoms with Crippen LogP contribution >= 0.6 is 15.9 Å². The number of H-pyrrole nitrogens is 1. The third-order valence-corrected chi connectivity index (χ3v) is 4.42. The fraction of sp³-hybridized carbons (Fsp3) is 0. The Labute approximate surface area is 167 Å². The first-order valence-electron chi connectivity index (χ1n) is 8.10. The van der Waals surface area contributed by atoms with Crippen LogP contribution in [0, 0.1) is 11.3 Å². The molecule has 0 saturated carbocycles. The number of furan rings is 1. The molecule has 0 aliphatic rings. The van der Waals surface area contributed by atoms with Gasteiger partial charge in [0.05, 0.1) is 16.7 Å². The minimum Gasteiger partial charge on any atom is -0.478 e. The fourth-order valence-electron chi connectivity index (χ4n) is 2.69. The largest absolute Gasteiger partial charge is 0.478 e. The highest BCUT2D eigenvalue weighted by Gasteiger charge is 2.12. The summed E-state index contributed by atoms with van der Waals surface area (Å²) in [6, 6.07) is 13.8. The molecule has 1 aromatic carbocycles. The first kappa shape index (κ1) is 17.7. The van der Waals surface area contributed by atoms with Crippen molar-refractivity contribution in [2.75, 3.05) is 0 Å². The minimum atomic E-state index is -1.01.